The van der Waals surface area contributed by atoms with E-state index in [2.05, 4.69) is 4.98 Å². The third-order valence-electron chi connectivity index (χ3n) is 9.71. The summed E-state index contributed by atoms with van der Waals surface area (Å²) < 4.78 is 1.49. The van der Waals surface area contributed by atoms with E-state index in [1.807, 2.05) is 60.7 Å². The van der Waals surface area contributed by atoms with E-state index in [4.69, 9.17) is 7.85 Å². The maximum absolute atomic E-state index is 11.1. The number of aromatic hydroxyl groups is 4. The molecule has 2 aromatic heterocycles. The maximum Gasteiger partial charge on any atom is 0.185 e. The molecule has 9 N–H and O–H groups in total. The van der Waals surface area contributed by atoms with E-state index >= 15 is 0 Å². The number of hydrogen-bond donors (Lipinski definition) is 9. The molecule has 8 rings (SSSR count). The zero-order valence-corrected chi connectivity index (χ0v) is 25.4. The highest BCUT2D eigenvalue weighted by atomic mass is 16.4. The highest BCUT2D eigenvalue weighted by molar-refractivity contribution is 6.37. The van der Waals surface area contributed by atoms with Crippen LogP contribution in [0.2, 0.25) is 0 Å². The summed E-state index contributed by atoms with van der Waals surface area (Å²) in [5.41, 5.74) is 3.88. The number of allylic oxidation sites excluding steroid dienone is 6. The van der Waals surface area contributed by atoms with Crippen molar-refractivity contribution >= 4 is 40.7 Å². The lowest BCUT2D eigenvalue weighted by atomic mass is 9.65. The number of aliphatic hydroxyl groups excluding tert-OH is 5. The molecule has 12 heteroatoms. The molecule has 11 nitrogen and oxygen atoms in total. The highest BCUT2D eigenvalue weighted by Gasteiger charge is 2.45. The Morgan fingerprint density at radius 2 is 1.43 bits per heavy atom. The highest BCUT2D eigenvalue weighted by Crippen LogP contribution is 2.54. The van der Waals surface area contributed by atoms with E-state index in [0.717, 1.165) is 22.3 Å². The Morgan fingerprint density at radius 1 is 0.735 bits per heavy atom. The number of rotatable bonds is 3. The van der Waals surface area contributed by atoms with Crippen LogP contribution in [0.4, 0.5) is 0 Å². The van der Waals surface area contributed by atoms with E-state index in [-0.39, 0.29) is 11.3 Å². The molecule has 0 amide bonds. The number of phenols is 4. The van der Waals surface area contributed by atoms with E-state index in [9.17, 15) is 46.0 Å². The lowest BCUT2D eigenvalue weighted by Gasteiger charge is -2.39. The molecule has 0 aliphatic heterocycles. The second-order valence-corrected chi connectivity index (χ2v) is 12.2. The summed E-state index contributed by atoms with van der Waals surface area (Å²) in [6, 6.07) is 14.6. The molecule has 0 saturated carbocycles. The van der Waals surface area contributed by atoms with Crippen molar-refractivity contribution in [3.8, 4) is 28.7 Å². The molecule has 49 heavy (non-hydrogen) atoms. The van der Waals surface area contributed by atoms with Gasteiger partial charge in [0, 0.05) is 40.6 Å². The van der Waals surface area contributed by atoms with Crippen LogP contribution in [-0.4, -0.2) is 75.6 Å². The van der Waals surface area contributed by atoms with Crippen LogP contribution in [0, 0.1) is 5.92 Å². The van der Waals surface area contributed by atoms with Crippen molar-refractivity contribution in [1.29, 1.82) is 0 Å². The number of benzene rings is 3. The van der Waals surface area contributed by atoms with E-state index in [0.29, 0.717) is 27.4 Å². The molecule has 242 valence electrons. The Balaban J connectivity index is 1.39. The molecule has 0 fully saturated rings. The molecule has 4 atom stereocenters. The number of nitrogens with zero attached hydrogens (tertiary/aromatic N) is 2. The Labute approximate surface area is 278 Å². The summed E-state index contributed by atoms with van der Waals surface area (Å²) >= 11 is 0. The van der Waals surface area contributed by atoms with Crippen molar-refractivity contribution < 1.29 is 46.0 Å². The number of phenolic OH excluding ortho intramolecular Hbond substituents is 4. The molecule has 2 heterocycles. The minimum absolute atomic E-state index is 0.0940. The van der Waals surface area contributed by atoms with Gasteiger partial charge in [-0.15, -0.1) is 0 Å². The fraction of sp³-hybridized carbons (Fsp3) is 0.108. The lowest BCUT2D eigenvalue weighted by Crippen LogP contribution is -2.37. The van der Waals surface area contributed by atoms with Gasteiger partial charge in [0.25, 0.3) is 0 Å². The second kappa shape index (κ2) is 10.7. The van der Waals surface area contributed by atoms with Crippen molar-refractivity contribution in [2.24, 2.45) is 5.92 Å². The first-order valence-electron chi connectivity index (χ1n) is 15.3. The zero-order chi connectivity index (χ0) is 34.5. The summed E-state index contributed by atoms with van der Waals surface area (Å²) in [5.74, 6) is -6.45. The molecule has 0 saturated heterocycles. The third kappa shape index (κ3) is 4.08. The van der Waals surface area contributed by atoms with Gasteiger partial charge >= 0.3 is 0 Å². The van der Waals surface area contributed by atoms with Crippen LogP contribution in [0.3, 0.4) is 0 Å². The maximum atomic E-state index is 11.1. The van der Waals surface area contributed by atoms with Crippen molar-refractivity contribution in [3.05, 3.63) is 130 Å². The van der Waals surface area contributed by atoms with Gasteiger partial charge in [-0.1, -0.05) is 54.6 Å². The van der Waals surface area contributed by atoms with E-state index < -0.39 is 69.8 Å². The van der Waals surface area contributed by atoms with Crippen molar-refractivity contribution in [3.63, 3.8) is 0 Å². The fourth-order valence-corrected chi connectivity index (χ4v) is 7.44. The van der Waals surface area contributed by atoms with Gasteiger partial charge in [-0.2, -0.15) is 0 Å². The van der Waals surface area contributed by atoms with Crippen LogP contribution in [0.1, 0.15) is 22.6 Å². The normalized spacial score (nSPS) is 21.9. The van der Waals surface area contributed by atoms with Gasteiger partial charge in [-0.25, -0.2) is 0 Å². The molecule has 5 aromatic rings. The third-order valence-corrected chi connectivity index (χ3v) is 9.71. The quantitative estimate of drug-likeness (QED) is 0.0767. The molecule has 0 bridgehead atoms. The van der Waals surface area contributed by atoms with Gasteiger partial charge in [0.15, 0.2) is 34.5 Å². The lowest BCUT2D eigenvalue weighted by molar-refractivity contribution is 0.00469. The molecular formula is C37H27BN2O9. The Hall–Kier alpha value is -6.11. The Morgan fingerprint density at radius 3 is 2.18 bits per heavy atom. The summed E-state index contributed by atoms with van der Waals surface area (Å²) in [7, 11) is 5.69. The standard InChI is InChI=1S/C37H27BN2O9/c38-27-31(43)33(45)28(34(46)32(27)44)40-22-10-9-15(13-20(22)21-14-39-12-11-23(21)40)24-16-5-1-3-7-18(16)25(19-8-4-2-6-17(19)24)26-29(41)35(47)37(49)36(48)30(26)42/h1-14,18,25,35,37,41-49H. The van der Waals surface area contributed by atoms with Crippen LogP contribution in [0.25, 0.3) is 33.1 Å². The topological polar surface area (TPSA) is 200 Å². The fourth-order valence-electron chi connectivity index (χ4n) is 7.44. The number of aliphatic hydroxyl groups is 5. The number of fused-ring (bicyclic) bond motifs is 5. The van der Waals surface area contributed by atoms with Gasteiger partial charge < -0.3 is 50.5 Å². The molecular weight excluding hydrogens is 627 g/mol. The smallest absolute Gasteiger partial charge is 0.185 e. The van der Waals surface area contributed by atoms with E-state index in [1.165, 1.54) is 10.8 Å². The van der Waals surface area contributed by atoms with Crippen molar-refractivity contribution in [1.82, 2.24) is 9.55 Å². The largest absolute Gasteiger partial charge is 0.509 e. The Kier molecular flexibility index (Phi) is 6.61. The summed E-state index contributed by atoms with van der Waals surface area (Å²) in [5, 5.41) is 97.6. The molecule has 3 aromatic carbocycles. The Bertz CT molecular complexity index is 2410. The van der Waals surface area contributed by atoms with Gasteiger partial charge in [-0.3, -0.25) is 4.98 Å². The zero-order valence-electron chi connectivity index (χ0n) is 25.4. The van der Waals surface area contributed by atoms with Crippen LogP contribution in [-0.2, 0) is 0 Å². The van der Waals surface area contributed by atoms with Crippen LogP contribution >= 0.6 is 0 Å². The predicted octanol–water partition coefficient (Wildman–Crippen LogP) is 4.31. The van der Waals surface area contributed by atoms with Crippen molar-refractivity contribution in [2.75, 3.05) is 0 Å². The molecule has 4 unspecified atom stereocenters. The van der Waals surface area contributed by atoms with Gasteiger partial charge in [0.1, 0.15) is 31.5 Å². The number of aromatic nitrogens is 2. The first-order valence-corrected chi connectivity index (χ1v) is 15.3. The average Bonchev–Trinajstić information content (AvgIpc) is 3.44. The van der Waals surface area contributed by atoms with Crippen LogP contribution in [0.5, 0.6) is 23.0 Å². The monoisotopic (exact) mass is 654 g/mol. The average molecular weight is 654 g/mol. The first kappa shape index (κ1) is 30.2. The SMILES string of the molecule is [B]c1c(O)c(O)c(-n2c3ccncc3c3cc(C4=C5C=CC=CC5C(C5=C(O)C(O)C(O)C(O)=C5O)c5ccccc54)ccc32)c(O)c1O. The van der Waals surface area contributed by atoms with Crippen molar-refractivity contribution in [2.45, 2.75) is 18.1 Å². The minimum atomic E-state index is -1.89. The van der Waals surface area contributed by atoms with Gasteiger partial charge in [0.2, 0.25) is 0 Å². The second-order valence-electron chi connectivity index (χ2n) is 12.2. The van der Waals surface area contributed by atoms with Crippen LogP contribution in [0.15, 0.2) is 114 Å². The minimum Gasteiger partial charge on any atom is -0.509 e. The predicted molar refractivity (Wildman–Crippen MR) is 182 cm³/mol. The first-order chi connectivity index (χ1) is 23.5. The summed E-state index contributed by atoms with van der Waals surface area (Å²) in [4.78, 5) is 4.30. The molecule has 3 aliphatic carbocycles. The summed E-state index contributed by atoms with van der Waals surface area (Å²) in [6.45, 7) is 0. The number of hydrogen-bond acceptors (Lipinski definition) is 10. The van der Waals surface area contributed by atoms with Gasteiger partial charge in [0.05, 0.1) is 11.0 Å². The number of pyridine rings is 1. The van der Waals surface area contributed by atoms with Crippen LogP contribution < -0.4 is 5.46 Å². The molecule has 0 spiro atoms. The van der Waals surface area contributed by atoms with Gasteiger partial charge in [-0.05, 0) is 51.5 Å². The van der Waals surface area contributed by atoms with E-state index in [1.54, 1.807) is 18.3 Å². The molecule has 2 radical (unpaired) electrons. The molecule has 3 aliphatic rings. The summed E-state index contributed by atoms with van der Waals surface area (Å²) in [6.07, 6.45) is 6.93.